The third kappa shape index (κ3) is 2.29. The van der Waals surface area contributed by atoms with Crippen LogP contribution in [-0.4, -0.2) is 70.6 Å². The first kappa shape index (κ1) is 19.3. The van der Waals surface area contributed by atoms with Gasteiger partial charge in [-0.15, -0.1) is 0 Å². The van der Waals surface area contributed by atoms with Gasteiger partial charge in [0.05, 0.1) is 25.4 Å². The van der Waals surface area contributed by atoms with Gasteiger partial charge in [-0.1, -0.05) is 26.8 Å². The predicted molar refractivity (Wildman–Crippen MR) is 94.7 cm³/mol. The SMILES string of the molecule is CC1=CC2OC3C(O)C(O)C(C)(C2(CO)C[C@H]1OC(=O)CC(C)C)C31CO1. The zero-order chi connectivity index (χ0) is 19.8. The lowest BCUT2D eigenvalue weighted by Crippen LogP contribution is -2.67. The number of esters is 1. The van der Waals surface area contributed by atoms with Gasteiger partial charge in [0.25, 0.3) is 0 Å². The van der Waals surface area contributed by atoms with Crippen LogP contribution < -0.4 is 0 Å². The van der Waals surface area contributed by atoms with Gasteiger partial charge in [-0.25, -0.2) is 0 Å². The maximum Gasteiger partial charge on any atom is 0.306 e. The Labute approximate surface area is 159 Å². The van der Waals surface area contributed by atoms with Gasteiger partial charge in [0.15, 0.2) is 0 Å². The molecule has 0 aromatic carbocycles. The summed E-state index contributed by atoms with van der Waals surface area (Å²) >= 11 is 0. The summed E-state index contributed by atoms with van der Waals surface area (Å²) in [6.07, 6.45) is -1.29. The standard InChI is InChI=1S/C20H30O7/c1-10(2)5-14(22)26-12-7-19(8-21)13(6-11(12)3)27-17-15(23)16(24)18(19,4)20(17)9-25-20/h6,10,12-13,15-17,21,23-24H,5,7-9H2,1-4H3/t12-,13?,15?,16?,17?,18?,19?,20?/m1/s1. The lowest BCUT2D eigenvalue weighted by molar-refractivity contribution is -0.235. The zero-order valence-electron chi connectivity index (χ0n) is 16.3. The number of aliphatic hydroxyl groups is 3. The van der Waals surface area contributed by atoms with Gasteiger partial charge in [-0.3, -0.25) is 4.79 Å². The van der Waals surface area contributed by atoms with E-state index < -0.39 is 47.0 Å². The molecule has 152 valence electrons. The van der Waals surface area contributed by atoms with E-state index in [0.717, 1.165) is 5.57 Å². The summed E-state index contributed by atoms with van der Waals surface area (Å²) in [5.41, 5.74) is -1.78. The van der Waals surface area contributed by atoms with E-state index in [-0.39, 0.29) is 18.5 Å². The smallest absolute Gasteiger partial charge is 0.306 e. The van der Waals surface area contributed by atoms with E-state index in [9.17, 15) is 20.1 Å². The molecule has 2 aliphatic heterocycles. The number of carbonyl (C=O) groups is 1. The molecule has 7 nitrogen and oxygen atoms in total. The molecule has 0 amide bonds. The van der Waals surface area contributed by atoms with Crippen molar-refractivity contribution in [2.45, 2.75) is 76.7 Å². The number of carbonyl (C=O) groups excluding carboxylic acids is 1. The van der Waals surface area contributed by atoms with Crippen LogP contribution in [-0.2, 0) is 19.0 Å². The van der Waals surface area contributed by atoms with Crippen LogP contribution in [0.3, 0.4) is 0 Å². The number of ether oxygens (including phenoxy) is 3. The average Bonchev–Trinajstić information content (AvgIpc) is 3.38. The van der Waals surface area contributed by atoms with E-state index in [1.54, 1.807) is 0 Å². The predicted octanol–water partition coefficient (Wildman–Crippen LogP) is 0.551. The normalized spacial score (nSPS) is 50.5. The van der Waals surface area contributed by atoms with Gasteiger partial charge in [-0.05, 0) is 24.8 Å². The van der Waals surface area contributed by atoms with Crippen molar-refractivity contribution >= 4 is 5.97 Å². The topological polar surface area (TPSA) is 109 Å². The first-order chi connectivity index (χ1) is 12.6. The minimum Gasteiger partial charge on any atom is -0.458 e. The van der Waals surface area contributed by atoms with Crippen molar-refractivity contribution in [3.8, 4) is 0 Å². The number of hydrogen-bond donors (Lipinski definition) is 3. The summed E-state index contributed by atoms with van der Waals surface area (Å²) in [6.45, 7) is 7.76. The van der Waals surface area contributed by atoms with E-state index in [1.807, 2.05) is 33.8 Å². The van der Waals surface area contributed by atoms with Gasteiger partial charge < -0.3 is 29.5 Å². The fourth-order valence-corrected chi connectivity index (χ4v) is 5.72. The maximum atomic E-state index is 12.3. The number of hydrogen-bond acceptors (Lipinski definition) is 7. The number of rotatable bonds is 4. The molecule has 3 fully saturated rings. The van der Waals surface area contributed by atoms with Crippen LogP contribution in [0, 0.1) is 16.7 Å². The Morgan fingerprint density at radius 2 is 2.07 bits per heavy atom. The van der Waals surface area contributed by atoms with E-state index in [2.05, 4.69) is 0 Å². The van der Waals surface area contributed by atoms with Crippen molar-refractivity contribution in [2.75, 3.05) is 13.2 Å². The highest BCUT2D eigenvalue weighted by Crippen LogP contribution is 2.71. The molecular weight excluding hydrogens is 352 g/mol. The fraction of sp³-hybridized carbons (Fsp3) is 0.850. The minimum atomic E-state index is -1.10. The molecular formula is C20H30O7. The number of aliphatic hydroxyl groups excluding tert-OH is 3. The van der Waals surface area contributed by atoms with E-state index in [1.165, 1.54) is 0 Å². The number of fused-ring (bicyclic) bond motifs is 2. The third-order valence-corrected chi connectivity index (χ3v) is 7.49. The van der Waals surface area contributed by atoms with Crippen LogP contribution in [0.5, 0.6) is 0 Å². The fourth-order valence-electron chi connectivity index (χ4n) is 5.72. The van der Waals surface area contributed by atoms with Crippen LogP contribution in [0.15, 0.2) is 11.6 Å². The molecule has 0 aromatic rings. The Hall–Kier alpha value is -0.990. The second-order valence-corrected chi connectivity index (χ2v) is 9.30. The first-order valence-electron chi connectivity index (χ1n) is 9.77. The molecule has 4 rings (SSSR count). The summed E-state index contributed by atoms with van der Waals surface area (Å²) in [6, 6.07) is 0. The van der Waals surface area contributed by atoms with Crippen LogP contribution >= 0.6 is 0 Å². The first-order valence-corrected chi connectivity index (χ1v) is 9.77. The van der Waals surface area contributed by atoms with Crippen LogP contribution in [0.2, 0.25) is 0 Å². The van der Waals surface area contributed by atoms with E-state index in [0.29, 0.717) is 19.4 Å². The Morgan fingerprint density at radius 1 is 1.41 bits per heavy atom. The highest BCUT2D eigenvalue weighted by molar-refractivity contribution is 5.70. The summed E-state index contributed by atoms with van der Waals surface area (Å²) in [5, 5.41) is 32.1. The Morgan fingerprint density at radius 3 is 2.63 bits per heavy atom. The van der Waals surface area contributed by atoms with Crippen molar-refractivity contribution in [3.63, 3.8) is 0 Å². The zero-order valence-corrected chi connectivity index (χ0v) is 16.3. The van der Waals surface area contributed by atoms with Crippen LogP contribution in [0.25, 0.3) is 0 Å². The molecule has 4 aliphatic rings. The molecule has 2 aliphatic carbocycles. The van der Waals surface area contributed by atoms with Crippen molar-refractivity contribution in [2.24, 2.45) is 16.7 Å². The average molecular weight is 382 g/mol. The highest BCUT2D eigenvalue weighted by atomic mass is 16.6. The molecule has 2 heterocycles. The van der Waals surface area contributed by atoms with Crippen molar-refractivity contribution in [1.29, 1.82) is 0 Å². The maximum absolute atomic E-state index is 12.3. The van der Waals surface area contributed by atoms with Gasteiger partial charge >= 0.3 is 5.97 Å². The van der Waals surface area contributed by atoms with Gasteiger partial charge in [0.1, 0.15) is 23.9 Å². The lowest BCUT2D eigenvalue weighted by atomic mass is 9.51. The Bertz CT molecular complexity index is 669. The molecule has 7 heteroatoms. The monoisotopic (exact) mass is 382 g/mol. The molecule has 0 radical (unpaired) electrons. The quantitative estimate of drug-likeness (QED) is 0.370. The van der Waals surface area contributed by atoms with E-state index >= 15 is 0 Å². The molecule has 8 atom stereocenters. The minimum absolute atomic E-state index is 0.191. The molecule has 1 spiro atoms. The molecule has 7 unspecified atom stereocenters. The highest BCUT2D eigenvalue weighted by Gasteiger charge is 2.84. The van der Waals surface area contributed by atoms with Crippen LogP contribution in [0.1, 0.15) is 40.5 Å². The Kier molecular flexibility index (Phi) is 4.30. The largest absolute Gasteiger partial charge is 0.458 e. The molecule has 1 saturated carbocycles. The Balaban J connectivity index is 1.71. The third-order valence-electron chi connectivity index (χ3n) is 7.49. The lowest BCUT2D eigenvalue weighted by Gasteiger charge is -2.58. The summed E-state index contributed by atoms with van der Waals surface area (Å²) < 4.78 is 17.7. The second-order valence-electron chi connectivity index (χ2n) is 9.30. The van der Waals surface area contributed by atoms with Gasteiger partial charge in [-0.2, -0.15) is 0 Å². The summed E-state index contributed by atoms with van der Waals surface area (Å²) in [7, 11) is 0. The van der Waals surface area contributed by atoms with Crippen molar-refractivity contribution in [3.05, 3.63) is 11.6 Å². The summed E-state index contributed by atoms with van der Waals surface area (Å²) in [4.78, 5) is 12.3. The molecule has 3 N–H and O–H groups in total. The van der Waals surface area contributed by atoms with Gasteiger partial charge in [0, 0.05) is 17.3 Å². The van der Waals surface area contributed by atoms with E-state index in [4.69, 9.17) is 14.2 Å². The van der Waals surface area contributed by atoms with Gasteiger partial charge in [0.2, 0.25) is 0 Å². The second kappa shape index (κ2) is 6.00. The molecule has 0 aromatic heterocycles. The van der Waals surface area contributed by atoms with Crippen molar-refractivity contribution in [1.82, 2.24) is 0 Å². The number of epoxide rings is 1. The summed E-state index contributed by atoms with van der Waals surface area (Å²) in [5.74, 6) is -0.0883. The molecule has 2 bridgehead atoms. The van der Waals surface area contributed by atoms with Crippen LogP contribution in [0.4, 0.5) is 0 Å². The molecule has 2 saturated heterocycles. The van der Waals surface area contributed by atoms with Crippen molar-refractivity contribution < 1.29 is 34.3 Å². The molecule has 27 heavy (non-hydrogen) atoms.